The molecule has 1 saturated heterocycles. The van der Waals surface area contributed by atoms with Crippen molar-refractivity contribution >= 4 is 11.9 Å². The van der Waals surface area contributed by atoms with E-state index in [2.05, 4.69) is 4.98 Å². The van der Waals surface area contributed by atoms with Gasteiger partial charge in [0.15, 0.2) is 0 Å². The van der Waals surface area contributed by atoms with E-state index in [0.717, 1.165) is 12.1 Å². The first-order valence-corrected chi connectivity index (χ1v) is 7.71. The van der Waals surface area contributed by atoms with Crippen LogP contribution in [0, 0.1) is 18.3 Å². The molecule has 130 valence electrons. The van der Waals surface area contributed by atoms with Gasteiger partial charge in [-0.3, -0.25) is 9.59 Å². The highest BCUT2D eigenvalue weighted by atomic mass is 19.4. The third-order valence-corrected chi connectivity index (χ3v) is 5.14. The summed E-state index contributed by atoms with van der Waals surface area (Å²) < 4.78 is 37.9. The molecule has 1 unspecified atom stereocenters. The summed E-state index contributed by atoms with van der Waals surface area (Å²) in [6, 6.07) is 1.97. The normalized spacial score (nSPS) is 22.5. The highest BCUT2D eigenvalue weighted by molar-refractivity contribution is 5.95. The van der Waals surface area contributed by atoms with Crippen molar-refractivity contribution in [3.8, 4) is 0 Å². The molecule has 0 bridgehead atoms. The predicted octanol–water partition coefficient (Wildman–Crippen LogP) is 2.74. The fraction of sp³-hybridized carbons (Fsp3) is 0.562. The molecule has 5 nitrogen and oxygen atoms in total. The van der Waals surface area contributed by atoms with Crippen LogP contribution in [0.3, 0.4) is 0 Å². The molecule has 2 fully saturated rings. The van der Waals surface area contributed by atoms with Crippen LogP contribution in [-0.4, -0.2) is 40.0 Å². The number of piperidine rings is 1. The molecule has 8 heteroatoms. The number of likely N-dealkylation sites (tertiary alicyclic amines) is 1. The largest absolute Gasteiger partial charge is 0.481 e. The molecule has 2 aliphatic rings. The molecular weight excluding hydrogens is 325 g/mol. The highest BCUT2D eigenvalue weighted by Crippen LogP contribution is 2.59. The maximum atomic E-state index is 12.6. The van der Waals surface area contributed by atoms with E-state index < -0.39 is 17.8 Å². The Morgan fingerprint density at radius 3 is 2.38 bits per heavy atom. The van der Waals surface area contributed by atoms with Gasteiger partial charge in [0.25, 0.3) is 5.91 Å². The van der Waals surface area contributed by atoms with Crippen LogP contribution in [0.2, 0.25) is 0 Å². The van der Waals surface area contributed by atoms with Crippen LogP contribution in [0.25, 0.3) is 0 Å². The molecule has 1 saturated carbocycles. The van der Waals surface area contributed by atoms with Gasteiger partial charge in [0, 0.05) is 13.1 Å². The van der Waals surface area contributed by atoms with Crippen molar-refractivity contribution in [1.82, 2.24) is 9.88 Å². The van der Waals surface area contributed by atoms with E-state index in [9.17, 15) is 22.8 Å². The van der Waals surface area contributed by atoms with Gasteiger partial charge >= 0.3 is 12.1 Å². The molecule has 0 aromatic carbocycles. The second kappa shape index (κ2) is 5.46. The van der Waals surface area contributed by atoms with E-state index >= 15 is 0 Å². The average Bonchev–Trinajstić information content (AvgIpc) is 3.20. The van der Waals surface area contributed by atoms with Crippen molar-refractivity contribution in [3.63, 3.8) is 0 Å². The van der Waals surface area contributed by atoms with Gasteiger partial charge in [-0.25, -0.2) is 4.98 Å². The Bertz CT molecular complexity index is 694. The third kappa shape index (κ3) is 2.85. The van der Waals surface area contributed by atoms with Gasteiger partial charge in [-0.2, -0.15) is 13.2 Å². The smallest absolute Gasteiger partial charge is 0.433 e. The number of nitrogens with zero attached hydrogens (tertiary/aromatic N) is 2. The standard InChI is InChI=1S/C16H17F3N2O3/c1-9-10(2-3-12(20-9)16(17,18)19)13(22)21-6-4-15(5-7-21)8-11(15)14(23)24/h2-3,11H,4-8H2,1H3,(H,23,24). The van der Waals surface area contributed by atoms with Crippen LogP contribution in [0.5, 0.6) is 0 Å². The Balaban J connectivity index is 1.69. The lowest BCUT2D eigenvalue weighted by Crippen LogP contribution is -2.40. The number of halogens is 3. The van der Waals surface area contributed by atoms with Crippen LogP contribution in [-0.2, 0) is 11.0 Å². The Hall–Kier alpha value is -2.12. The van der Waals surface area contributed by atoms with Crippen molar-refractivity contribution < 1.29 is 27.9 Å². The third-order valence-electron chi connectivity index (χ3n) is 5.14. The second-order valence-electron chi connectivity index (χ2n) is 6.58. The quantitative estimate of drug-likeness (QED) is 0.897. The topological polar surface area (TPSA) is 70.5 Å². The van der Waals surface area contributed by atoms with Crippen LogP contribution in [0.4, 0.5) is 13.2 Å². The molecule has 1 atom stereocenters. The number of carboxylic acids is 1. The van der Waals surface area contributed by atoms with Crippen LogP contribution in [0.15, 0.2) is 12.1 Å². The summed E-state index contributed by atoms with van der Waals surface area (Å²) in [5.74, 6) is -1.47. The van der Waals surface area contributed by atoms with Gasteiger partial charge in [-0.05, 0) is 43.7 Å². The minimum Gasteiger partial charge on any atom is -0.481 e. The number of aromatic nitrogens is 1. The molecule has 24 heavy (non-hydrogen) atoms. The van der Waals surface area contributed by atoms with Gasteiger partial charge in [-0.15, -0.1) is 0 Å². The summed E-state index contributed by atoms with van der Waals surface area (Å²) in [4.78, 5) is 28.6. The monoisotopic (exact) mass is 342 g/mol. The first kappa shape index (κ1) is 16.7. The molecular formula is C16H17F3N2O3. The fourth-order valence-electron chi connectivity index (χ4n) is 3.52. The maximum absolute atomic E-state index is 12.6. The lowest BCUT2D eigenvalue weighted by atomic mass is 9.90. The van der Waals surface area contributed by atoms with Gasteiger partial charge in [-0.1, -0.05) is 0 Å². The fourth-order valence-corrected chi connectivity index (χ4v) is 3.52. The number of carboxylic acid groups (broad SMARTS) is 1. The zero-order valence-corrected chi connectivity index (χ0v) is 13.1. The van der Waals surface area contributed by atoms with Crippen molar-refractivity contribution in [3.05, 3.63) is 29.1 Å². The number of pyridine rings is 1. The van der Waals surface area contributed by atoms with Gasteiger partial charge in [0.2, 0.25) is 0 Å². The molecule has 3 rings (SSSR count). The van der Waals surface area contributed by atoms with Crippen molar-refractivity contribution in [1.29, 1.82) is 0 Å². The van der Waals surface area contributed by atoms with Crippen molar-refractivity contribution in [2.75, 3.05) is 13.1 Å². The zero-order chi connectivity index (χ0) is 17.7. The van der Waals surface area contributed by atoms with Crippen LogP contribution in [0.1, 0.15) is 41.0 Å². The number of aliphatic carboxylic acids is 1. The van der Waals surface area contributed by atoms with E-state index in [4.69, 9.17) is 5.11 Å². The molecule has 1 N–H and O–H groups in total. The minimum atomic E-state index is -4.54. The number of carbonyl (C=O) groups excluding carboxylic acids is 1. The van der Waals surface area contributed by atoms with Crippen molar-refractivity contribution in [2.45, 2.75) is 32.4 Å². The Kier molecular flexibility index (Phi) is 3.80. The summed E-state index contributed by atoms with van der Waals surface area (Å²) in [6.45, 7) is 2.22. The Morgan fingerprint density at radius 2 is 1.92 bits per heavy atom. The second-order valence-corrected chi connectivity index (χ2v) is 6.58. The van der Waals surface area contributed by atoms with E-state index in [1.165, 1.54) is 6.92 Å². The number of rotatable bonds is 2. The Morgan fingerprint density at radius 1 is 1.29 bits per heavy atom. The number of alkyl halides is 3. The summed E-state index contributed by atoms with van der Waals surface area (Å²) in [7, 11) is 0. The molecule has 1 aromatic rings. The number of hydrogen-bond acceptors (Lipinski definition) is 3. The van der Waals surface area contributed by atoms with Gasteiger partial charge in [0.1, 0.15) is 5.69 Å². The minimum absolute atomic E-state index is 0.0462. The molecule has 1 amide bonds. The lowest BCUT2D eigenvalue weighted by Gasteiger charge is -2.33. The number of carbonyl (C=O) groups is 2. The lowest BCUT2D eigenvalue weighted by molar-refractivity contribution is -0.141. The SMILES string of the molecule is Cc1nc(C(F)(F)F)ccc1C(=O)N1CCC2(CC1)CC2C(=O)O. The van der Waals surface area contributed by atoms with E-state index in [0.29, 0.717) is 32.4 Å². The summed E-state index contributed by atoms with van der Waals surface area (Å²) in [5, 5.41) is 9.07. The first-order chi connectivity index (χ1) is 11.1. The highest BCUT2D eigenvalue weighted by Gasteiger charge is 2.59. The molecule has 1 aliphatic heterocycles. The van der Waals surface area contributed by atoms with Crippen LogP contribution >= 0.6 is 0 Å². The molecule has 1 spiro atoms. The summed E-state index contributed by atoms with van der Waals surface area (Å²) in [5.41, 5.74) is -1.01. The molecule has 1 aliphatic carbocycles. The van der Waals surface area contributed by atoms with Crippen LogP contribution < -0.4 is 0 Å². The van der Waals surface area contributed by atoms with Crippen molar-refractivity contribution in [2.24, 2.45) is 11.3 Å². The van der Waals surface area contributed by atoms with Gasteiger partial charge < -0.3 is 10.0 Å². The predicted molar refractivity (Wildman–Crippen MR) is 77.3 cm³/mol. The van der Waals surface area contributed by atoms with E-state index in [1.807, 2.05) is 0 Å². The number of aryl methyl sites for hydroxylation is 1. The van der Waals surface area contributed by atoms with Gasteiger partial charge in [0.05, 0.1) is 17.2 Å². The number of hydrogen-bond donors (Lipinski definition) is 1. The molecule has 0 radical (unpaired) electrons. The number of amides is 1. The summed E-state index contributed by atoms with van der Waals surface area (Å²) >= 11 is 0. The Labute approximate surface area is 136 Å². The molecule has 1 aromatic heterocycles. The maximum Gasteiger partial charge on any atom is 0.433 e. The van der Waals surface area contributed by atoms with E-state index in [1.54, 1.807) is 4.90 Å². The molecule has 2 heterocycles. The average molecular weight is 342 g/mol. The summed E-state index contributed by atoms with van der Waals surface area (Å²) in [6.07, 6.45) is -2.67. The first-order valence-electron chi connectivity index (χ1n) is 7.71. The van der Waals surface area contributed by atoms with E-state index in [-0.39, 0.29) is 28.5 Å². The zero-order valence-electron chi connectivity index (χ0n) is 13.1.